The number of halogens is 1. The molecule has 1 atom stereocenters. The minimum absolute atomic E-state index is 0.00993. The summed E-state index contributed by atoms with van der Waals surface area (Å²) in [7, 11) is 0. The largest absolute Gasteiger partial charge is 0.338 e. The Morgan fingerprint density at radius 1 is 1.20 bits per heavy atom. The lowest BCUT2D eigenvalue weighted by molar-refractivity contribution is -0.128. The highest BCUT2D eigenvalue weighted by molar-refractivity contribution is 6.30. The second-order valence-corrected chi connectivity index (χ2v) is 7.05. The summed E-state index contributed by atoms with van der Waals surface area (Å²) in [6.45, 7) is 4.93. The molecule has 0 saturated carbocycles. The van der Waals surface area contributed by atoms with Crippen LogP contribution < -0.4 is 5.32 Å². The maximum absolute atomic E-state index is 12.5. The van der Waals surface area contributed by atoms with Gasteiger partial charge in [0.05, 0.1) is 5.92 Å². The van der Waals surface area contributed by atoms with E-state index in [1.165, 1.54) is 0 Å². The molecule has 0 aliphatic carbocycles. The SMILES string of the molecule is Cc1ccc(NC(=O)C2CC(=O)N(Cc3ccc(Cl)cc3)C2)c(C)c1. The molecule has 1 saturated heterocycles. The lowest BCUT2D eigenvalue weighted by Gasteiger charge is -2.17. The van der Waals surface area contributed by atoms with E-state index in [4.69, 9.17) is 11.6 Å². The Bertz CT molecular complexity index is 802. The molecule has 2 aromatic rings. The van der Waals surface area contributed by atoms with Crippen molar-refractivity contribution < 1.29 is 9.59 Å². The van der Waals surface area contributed by atoms with Crippen LogP contribution in [0.4, 0.5) is 5.69 Å². The predicted molar refractivity (Wildman–Crippen MR) is 99.5 cm³/mol. The molecule has 25 heavy (non-hydrogen) atoms. The lowest BCUT2D eigenvalue weighted by atomic mass is 10.1. The molecule has 5 heteroatoms. The Kier molecular flexibility index (Phi) is 5.09. The van der Waals surface area contributed by atoms with Crippen LogP contribution in [0.3, 0.4) is 0 Å². The maximum Gasteiger partial charge on any atom is 0.229 e. The first-order valence-corrected chi connectivity index (χ1v) is 8.70. The molecule has 1 aliphatic rings. The quantitative estimate of drug-likeness (QED) is 0.901. The van der Waals surface area contributed by atoms with Gasteiger partial charge in [0.1, 0.15) is 0 Å². The van der Waals surface area contributed by atoms with Gasteiger partial charge in [0.25, 0.3) is 0 Å². The molecule has 0 spiro atoms. The molecule has 1 unspecified atom stereocenters. The monoisotopic (exact) mass is 356 g/mol. The van der Waals surface area contributed by atoms with E-state index in [1.54, 1.807) is 4.90 Å². The Labute approximate surface area is 152 Å². The molecule has 3 rings (SSSR count). The van der Waals surface area contributed by atoms with Crippen molar-refractivity contribution in [3.8, 4) is 0 Å². The van der Waals surface area contributed by atoms with Crippen molar-refractivity contribution in [2.24, 2.45) is 5.92 Å². The van der Waals surface area contributed by atoms with E-state index in [9.17, 15) is 9.59 Å². The number of carbonyl (C=O) groups is 2. The highest BCUT2D eigenvalue weighted by atomic mass is 35.5. The molecule has 1 N–H and O–H groups in total. The minimum Gasteiger partial charge on any atom is -0.338 e. The van der Waals surface area contributed by atoms with Crippen LogP contribution in [0.5, 0.6) is 0 Å². The molecule has 0 aromatic heterocycles. The summed E-state index contributed by atoms with van der Waals surface area (Å²) in [6.07, 6.45) is 0.254. The topological polar surface area (TPSA) is 49.4 Å². The Morgan fingerprint density at radius 2 is 1.92 bits per heavy atom. The number of anilines is 1. The van der Waals surface area contributed by atoms with Gasteiger partial charge in [0, 0.05) is 30.2 Å². The van der Waals surface area contributed by atoms with Crippen molar-refractivity contribution in [2.75, 3.05) is 11.9 Å². The van der Waals surface area contributed by atoms with Crippen LogP contribution in [0.15, 0.2) is 42.5 Å². The summed E-state index contributed by atoms with van der Waals surface area (Å²) in [6, 6.07) is 13.3. The number of benzene rings is 2. The zero-order chi connectivity index (χ0) is 18.0. The van der Waals surface area contributed by atoms with Gasteiger partial charge in [0.15, 0.2) is 0 Å². The number of nitrogens with zero attached hydrogens (tertiary/aromatic N) is 1. The third-order valence-corrected chi connectivity index (χ3v) is 4.76. The first kappa shape index (κ1) is 17.5. The normalized spacial score (nSPS) is 17.0. The lowest BCUT2D eigenvalue weighted by Crippen LogP contribution is -2.28. The van der Waals surface area contributed by atoms with Crippen molar-refractivity contribution in [3.05, 3.63) is 64.2 Å². The van der Waals surface area contributed by atoms with Crippen LogP contribution in [-0.2, 0) is 16.1 Å². The molecule has 0 radical (unpaired) electrons. The number of hydrogen-bond donors (Lipinski definition) is 1. The second kappa shape index (κ2) is 7.28. The molecule has 130 valence electrons. The molecule has 1 fully saturated rings. The molecule has 0 bridgehead atoms. The number of likely N-dealkylation sites (tertiary alicyclic amines) is 1. The van der Waals surface area contributed by atoms with Crippen molar-refractivity contribution in [1.82, 2.24) is 4.90 Å². The van der Waals surface area contributed by atoms with Gasteiger partial charge < -0.3 is 10.2 Å². The summed E-state index contributed by atoms with van der Waals surface area (Å²) in [5.74, 6) is -0.407. The Hall–Kier alpha value is -2.33. The molecular formula is C20H21ClN2O2. The van der Waals surface area contributed by atoms with Gasteiger partial charge in [-0.05, 0) is 43.2 Å². The fourth-order valence-corrected chi connectivity index (χ4v) is 3.23. The standard InChI is InChI=1S/C20H21ClN2O2/c1-13-3-8-18(14(2)9-13)22-20(25)16-10-19(24)23(12-16)11-15-4-6-17(21)7-5-15/h3-9,16H,10-12H2,1-2H3,(H,22,25). The van der Waals surface area contributed by atoms with E-state index in [2.05, 4.69) is 5.32 Å². The van der Waals surface area contributed by atoms with Crippen molar-refractivity contribution >= 4 is 29.1 Å². The third kappa shape index (κ3) is 4.20. The molecule has 4 nitrogen and oxygen atoms in total. The smallest absolute Gasteiger partial charge is 0.229 e. The number of hydrogen-bond acceptors (Lipinski definition) is 2. The van der Waals surface area contributed by atoms with Crippen LogP contribution in [0.2, 0.25) is 5.02 Å². The Morgan fingerprint density at radius 3 is 2.60 bits per heavy atom. The molecular weight excluding hydrogens is 336 g/mol. The van der Waals surface area contributed by atoms with Gasteiger partial charge in [-0.25, -0.2) is 0 Å². The van der Waals surface area contributed by atoms with Gasteiger partial charge in [-0.1, -0.05) is 41.4 Å². The van der Waals surface area contributed by atoms with E-state index in [-0.39, 0.29) is 24.2 Å². The third-order valence-electron chi connectivity index (χ3n) is 4.51. The van der Waals surface area contributed by atoms with E-state index in [0.717, 1.165) is 22.4 Å². The summed E-state index contributed by atoms with van der Waals surface area (Å²) >= 11 is 5.89. The first-order chi connectivity index (χ1) is 11.9. The van der Waals surface area contributed by atoms with E-state index >= 15 is 0 Å². The summed E-state index contributed by atoms with van der Waals surface area (Å²) in [5, 5.41) is 3.63. The fraction of sp³-hybridized carbons (Fsp3) is 0.300. The zero-order valence-corrected chi connectivity index (χ0v) is 15.1. The van der Waals surface area contributed by atoms with Gasteiger partial charge >= 0.3 is 0 Å². The van der Waals surface area contributed by atoms with Crippen LogP contribution >= 0.6 is 11.6 Å². The number of aryl methyl sites for hydroxylation is 2. The summed E-state index contributed by atoms with van der Waals surface area (Å²) in [5.41, 5.74) is 3.99. The summed E-state index contributed by atoms with van der Waals surface area (Å²) < 4.78 is 0. The Balaban J connectivity index is 1.63. The highest BCUT2D eigenvalue weighted by Crippen LogP contribution is 2.24. The molecule has 1 aliphatic heterocycles. The average molecular weight is 357 g/mol. The van der Waals surface area contributed by atoms with Crippen LogP contribution in [0.25, 0.3) is 0 Å². The van der Waals surface area contributed by atoms with Crippen molar-refractivity contribution in [1.29, 1.82) is 0 Å². The van der Waals surface area contributed by atoms with E-state index < -0.39 is 0 Å². The number of carbonyl (C=O) groups excluding carboxylic acids is 2. The van der Waals surface area contributed by atoms with Gasteiger partial charge in [-0.3, -0.25) is 9.59 Å². The number of nitrogens with one attached hydrogen (secondary N) is 1. The van der Waals surface area contributed by atoms with Gasteiger partial charge in [-0.15, -0.1) is 0 Å². The predicted octanol–water partition coefficient (Wildman–Crippen LogP) is 3.94. The highest BCUT2D eigenvalue weighted by Gasteiger charge is 2.34. The minimum atomic E-state index is -0.319. The van der Waals surface area contributed by atoms with Crippen molar-refractivity contribution in [2.45, 2.75) is 26.8 Å². The molecule has 2 amide bonds. The average Bonchev–Trinajstić information content (AvgIpc) is 2.93. The van der Waals surface area contributed by atoms with E-state index in [1.807, 2.05) is 56.3 Å². The first-order valence-electron chi connectivity index (χ1n) is 8.32. The number of rotatable bonds is 4. The fourth-order valence-electron chi connectivity index (χ4n) is 3.10. The van der Waals surface area contributed by atoms with Gasteiger partial charge in [0.2, 0.25) is 11.8 Å². The second-order valence-electron chi connectivity index (χ2n) is 6.61. The molecule has 1 heterocycles. The van der Waals surface area contributed by atoms with Crippen LogP contribution in [0.1, 0.15) is 23.1 Å². The van der Waals surface area contributed by atoms with Gasteiger partial charge in [-0.2, -0.15) is 0 Å². The number of amides is 2. The zero-order valence-electron chi connectivity index (χ0n) is 14.4. The molecule has 2 aromatic carbocycles. The van der Waals surface area contributed by atoms with E-state index in [0.29, 0.717) is 18.1 Å². The maximum atomic E-state index is 12.5. The van der Waals surface area contributed by atoms with Crippen LogP contribution in [0, 0.1) is 19.8 Å². The van der Waals surface area contributed by atoms with Crippen LogP contribution in [-0.4, -0.2) is 23.3 Å². The summed E-state index contributed by atoms with van der Waals surface area (Å²) in [4.78, 5) is 26.5. The van der Waals surface area contributed by atoms with Crippen molar-refractivity contribution in [3.63, 3.8) is 0 Å².